The van der Waals surface area contributed by atoms with Gasteiger partial charge in [0.05, 0.1) is 7.11 Å². The predicted octanol–water partition coefficient (Wildman–Crippen LogP) is 2.39. The van der Waals surface area contributed by atoms with Gasteiger partial charge in [0.15, 0.2) is 0 Å². The van der Waals surface area contributed by atoms with Gasteiger partial charge < -0.3 is 15.8 Å². The zero-order valence-electron chi connectivity index (χ0n) is 13.8. The highest BCUT2D eigenvalue weighted by Gasteiger charge is 2.19. The van der Waals surface area contributed by atoms with E-state index in [0.29, 0.717) is 13.0 Å². The molecule has 3 N–H and O–H groups in total. The molecule has 0 saturated heterocycles. The second kappa shape index (κ2) is 7.46. The van der Waals surface area contributed by atoms with Crippen molar-refractivity contribution in [2.45, 2.75) is 52.0 Å². The summed E-state index contributed by atoms with van der Waals surface area (Å²) in [4.78, 5) is 11.8. The average molecular weight is 292 g/mol. The SMILES string of the molecule is COc1ccc(CCC(=O)NC(C)CN)cc1C(C)(C)C. The van der Waals surface area contributed by atoms with Crippen molar-refractivity contribution in [3.05, 3.63) is 29.3 Å². The Kier molecular flexibility index (Phi) is 6.21. The molecule has 0 aliphatic rings. The standard InChI is InChI=1S/C17H28N2O2/c1-12(11-18)19-16(20)9-7-13-6-8-15(21-5)14(10-13)17(2,3)4/h6,8,10,12H,7,9,11,18H2,1-5H3,(H,19,20). The topological polar surface area (TPSA) is 64.3 Å². The number of benzene rings is 1. The Morgan fingerprint density at radius 2 is 2.05 bits per heavy atom. The normalized spacial score (nSPS) is 12.9. The third-order valence-corrected chi connectivity index (χ3v) is 3.47. The van der Waals surface area contributed by atoms with Crippen molar-refractivity contribution in [3.63, 3.8) is 0 Å². The summed E-state index contributed by atoms with van der Waals surface area (Å²) in [6, 6.07) is 6.17. The molecule has 0 saturated carbocycles. The second-order valence-electron chi connectivity index (χ2n) is 6.49. The molecule has 0 heterocycles. The van der Waals surface area contributed by atoms with Crippen molar-refractivity contribution < 1.29 is 9.53 Å². The van der Waals surface area contributed by atoms with Crippen LogP contribution in [0.3, 0.4) is 0 Å². The van der Waals surface area contributed by atoms with E-state index >= 15 is 0 Å². The minimum Gasteiger partial charge on any atom is -0.496 e. The van der Waals surface area contributed by atoms with Gasteiger partial charge in [0.25, 0.3) is 0 Å². The monoisotopic (exact) mass is 292 g/mol. The molecule has 4 heteroatoms. The van der Waals surface area contributed by atoms with E-state index in [4.69, 9.17) is 10.5 Å². The third kappa shape index (κ3) is 5.38. The van der Waals surface area contributed by atoms with Crippen LogP contribution in [0.2, 0.25) is 0 Å². The number of carbonyl (C=O) groups is 1. The van der Waals surface area contributed by atoms with Gasteiger partial charge >= 0.3 is 0 Å². The zero-order chi connectivity index (χ0) is 16.0. The van der Waals surface area contributed by atoms with Gasteiger partial charge in [-0.1, -0.05) is 32.9 Å². The van der Waals surface area contributed by atoms with E-state index in [1.54, 1.807) is 7.11 Å². The quantitative estimate of drug-likeness (QED) is 0.846. The highest BCUT2D eigenvalue weighted by Crippen LogP contribution is 2.32. The first-order valence-electron chi connectivity index (χ1n) is 7.44. The van der Waals surface area contributed by atoms with Crippen molar-refractivity contribution in [2.24, 2.45) is 5.73 Å². The Morgan fingerprint density at radius 1 is 1.38 bits per heavy atom. The first kappa shape index (κ1) is 17.5. The van der Waals surface area contributed by atoms with Crippen LogP contribution in [-0.2, 0) is 16.6 Å². The fourth-order valence-corrected chi connectivity index (χ4v) is 2.16. The summed E-state index contributed by atoms with van der Waals surface area (Å²) in [6.07, 6.45) is 1.19. The Labute approximate surface area is 128 Å². The Hall–Kier alpha value is -1.55. The lowest BCUT2D eigenvalue weighted by molar-refractivity contribution is -0.121. The molecule has 0 radical (unpaired) electrons. The molecule has 1 unspecified atom stereocenters. The fraction of sp³-hybridized carbons (Fsp3) is 0.588. The lowest BCUT2D eigenvalue weighted by Gasteiger charge is -2.23. The van der Waals surface area contributed by atoms with E-state index < -0.39 is 0 Å². The summed E-state index contributed by atoms with van der Waals surface area (Å²) in [7, 11) is 1.69. The number of nitrogens with two attached hydrogens (primary N) is 1. The molecule has 1 aromatic carbocycles. The summed E-state index contributed by atoms with van der Waals surface area (Å²) in [6.45, 7) is 8.84. The van der Waals surface area contributed by atoms with Gasteiger partial charge in [0.1, 0.15) is 5.75 Å². The molecule has 0 fully saturated rings. The summed E-state index contributed by atoms with van der Waals surface area (Å²) < 4.78 is 5.43. The van der Waals surface area contributed by atoms with Crippen LogP contribution in [0.1, 0.15) is 45.2 Å². The molecule has 1 aromatic rings. The van der Waals surface area contributed by atoms with Crippen molar-refractivity contribution >= 4 is 5.91 Å². The van der Waals surface area contributed by atoms with Crippen molar-refractivity contribution in [2.75, 3.05) is 13.7 Å². The zero-order valence-corrected chi connectivity index (χ0v) is 13.8. The molecule has 1 amide bonds. The predicted molar refractivity (Wildman–Crippen MR) is 86.7 cm³/mol. The molecule has 0 bridgehead atoms. The minimum absolute atomic E-state index is 0.0116. The number of amides is 1. The maximum atomic E-state index is 11.8. The van der Waals surface area contributed by atoms with E-state index in [0.717, 1.165) is 17.7 Å². The van der Waals surface area contributed by atoms with E-state index in [2.05, 4.69) is 32.2 Å². The van der Waals surface area contributed by atoms with Gasteiger partial charge in [-0.15, -0.1) is 0 Å². The number of ether oxygens (including phenoxy) is 1. The third-order valence-electron chi connectivity index (χ3n) is 3.47. The number of hydrogen-bond acceptors (Lipinski definition) is 3. The summed E-state index contributed by atoms with van der Waals surface area (Å²) in [5, 5.41) is 2.88. The van der Waals surface area contributed by atoms with Crippen LogP contribution in [0.5, 0.6) is 5.75 Å². The van der Waals surface area contributed by atoms with Gasteiger partial charge in [-0.25, -0.2) is 0 Å². The van der Waals surface area contributed by atoms with E-state index in [1.165, 1.54) is 5.56 Å². The van der Waals surface area contributed by atoms with E-state index in [9.17, 15) is 4.79 Å². The summed E-state index contributed by atoms with van der Waals surface area (Å²) >= 11 is 0. The van der Waals surface area contributed by atoms with Crippen LogP contribution in [0.4, 0.5) is 0 Å². The van der Waals surface area contributed by atoms with E-state index in [-0.39, 0.29) is 17.4 Å². The van der Waals surface area contributed by atoms with Crippen LogP contribution in [0, 0.1) is 0 Å². The highest BCUT2D eigenvalue weighted by atomic mass is 16.5. The van der Waals surface area contributed by atoms with Crippen molar-refractivity contribution in [1.82, 2.24) is 5.32 Å². The number of carbonyl (C=O) groups excluding carboxylic acids is 1. The first-order chi connectivity index (χ1) is 9.77. The van der Waals surface area contributed by atoms with Crippen molar-refractivity contribution in [1.29, 1.82) is 0 Å². The number of methoxy groups -OCH3 is 1. The van der Waals surface area contributed by atoms with Gasteiger partial charge in [-0.05, 0) is 36.0 Å². The van der Waals surface area contributed by atoms with Crippen LogP contribution in [0.15, 0.2) is 18.2 Å². The number of nitrogens with one attached hydrogen (secondary N) is 1. The largest absolute Gasteiger partial charge is 0.496 e. The highest BCUT2D eigenvalue weighted by molar-refractivity contribution is 5.76. The van der Waals surface area contributed by atoms with Gasteiger partial charge in [-0.2, -0.15) is 0 Å². The molecular weight excluding hydrogens is 264 g/mol. The molecular formula is C17H28N2O2. The van der Waals surface area contributed by atoms with Crippen LogP contribution in [-0.4, -0.2) is 25.6 Å². The maximum absolute atomic E-state index is 11.8. The van der Waals surface area contributed by atoms with E-state index in [1.807, 2.05) is 19.1 Å². The molecule has 1 rings (SSSR count). The Morgan fingerprint density at radius 3 is 2.57 bits per heavy atom. The molecule has 0 aromatic heterocycles. The fourth-order valence-electron chi connectivity index (χ4n) is 2.16. The smallest absolute Gasteiger partial charge is 0.220 e. The maximum Gasteiger partial charge on any atom is 0.220 e. The second-order valence-corrected chi connectivity index (χ2v) is 6.49. The molecule has 21 heavy (non-hydrogen) atoms. The van der Waals surface area contributed by atoms with Crippen LogP contribution < -0.4 is 15.8 Å². The first-order valence-corrected chi connectivity index (χ1v) is 7.44. The van der Waals surface area contributed by atoms with Gasteiger partial charge in [-0.3, -0.25) is 4.79 Å². The van der Waals surface area contributed by atoms with Crippen LogP contribution in [0.25, 0.3) is 0 Å². The Balaban J connectivity index is 2.75. The number of rotatable bonds is 6. The molecule has 4 nitrogen and oxygen atoms in total. The lowest BCUT2D eigenvalue weighted by Crippen LogP contribution is -2.37. The summed E-state index contributed by atoms with van der Waals surface area (Å²) in [5.41, 5.74) is 7.82. The lowest BCUT2D eigenvalue weighted by atomic mass is 9.85. The minimum atomic E-state index is 0.0116. The molecule has 1 atom stereocenters. The summed E-state index contributed by atoms with van der Waals surface area (Å²) in [5.74, 6) is 0.938. The number of aryl methyl sites for hydroxylation is 1. The van der Waals surface area contributed by atoms with Gasteiger partial charge in [0, 0.05) is 19.0 Å². The molecule has 0 aliphatic carbocycles. The molecule has 0 spiro atoms. The average Bonchev–Trinajstić information content (AvgIpc) is 2.43. The number of hydrogen-bond donors (Lipinski definition) is 2. The van der Waals surface area contributed by atoms with Crippen LogP contribution >= 0.6 is 0 Å². The molecule has 118 valence electrons. The van der Waals surface area contributed by atoms with Crippen molar-refractivity contribution in [3.8, 4) is 5.75 Å². The Bertz CT molecular complexity index is 478. The molecule has 0 aliphatic heterocycles. The van der Waals surface area contributed by atoms with Gasteiger partial charge in [0.2, 0.25) is 5.91 Å².